The standard InChI is InChI=1S/C13H19N5O2S/c1-3-15-12-5-6-14-9-13(12)21(19,20)17-7-4-11-8-16-18(2)10-11/h5-6,8-10,17H,3-4,7H2,1-2H3,(H,14,15). The van der Waals surface area contributed by atoms with Crippen molar-refractivity contribution in [2.24, 2.45) is 7.05 Å². The molecule has 21 heavy (non-hydrogen) atoms. The largest absolute Gasteiger partial charge is 0.384 e. The molecule has 0 amide bonds. The average Bonchev–Trinajstić information content (AvgIpc) is 2.85. The Balaban J connectivity index is 2.04. The summed E-state index contributed by atoms with van der Waals surface area (Å²) in [6.07, 6.45) is 7.09. The lowest BCUT2D eigenvalue weighted by atomic mass is 10.3. The minimum absolute atomic E-state index is 0.165. The summed E-state index contributed by atoms with van der Waals surface area (Å²) < 4.78 is 28.9. The summed E-state index contributed by atoms with van der Waals surface area (Å²) in [7, 11) is -1.75. The van der Waals surface area contributed by atoms with E-state index in [2.05, 4.69) is 20.1 Å². The van der Waals surface area contributed by atoms with Crippen molar-refractivity contribution in [3.8, 4) is 0 Å². The van der Waals surface area contributed by atoms with Gasteiger partial charge in [-0.2, -0.15) is 5.10 Å². The first-order valence-corrected chi connectivity index (χ1v) is 8.16. The SMILES string of the molecule is CCNc1ccncc1S(=O)(=O)NCCc1cnn(C)c1. The third-order valence-corrected chi connectivity index (χ3v) is 4.39. The van der Waals surface area contributed by atoms with Crippen LogP contribution in [0.15, 0.2) is 35.7 Å². The number of anilines is 1. The van der Waals surface area contributed by atoms with E-state index in [1.807, 2.05) is 20.2 Å². The van der Waals surface area contributed by atoms with Crippen molar-refractivity contribution < 1.29 is 8.42 Å². The number of aromatic nitrogens is 3. The third-order valence-electron chi connectivity index (χ3n) is 2.91. The first-order valence-electron chi connectivity index (χ1n) is 6.68. The van der Waals surface area contributed by atoms with Gasteiger partial charge in [0.1, 0.15) is 4.90 Å². The quantitative estimate of drug-likeness (QED) is 0.788. The van der Waals surface area contributed by atoms with Crippen molar-refractivity contribution >= 4 is 15.7 Å². The Morgan fingerprint density at radius 3 is 2.81 bits per heavy atom. The summed E-state index contributed by atoms with van der Waals surface area (Å²) in [5.74, 6) is 0. The fourth-order valence-corrected chi connectivity index (χ4v) is 3.09. The van der Waals surface area contributed by atoms with Crippen molar-refractivity contribution in [1.82, 2.24) is 19.5 Å². The van der Waals surface area contributed by atoms with Gasteiger partial charge in [-0.3, -0.25) is 9.67 Å². The number of sulfonamides is 1. The number of rotatable bonds is 7. The molecular formula is C13H19N5O2S. The minimum Gasteiger partial charge on any atom is -0.384 e. The van der Waals surface area contributed by atoms with E-state index in [1.54, 1.807) is 23.1 Å². The summed E-state index contributed by atoms with van der Waals surface area (Å²) in [6.45, 7) is 2.86. The van der Waals surface area contributed by atoms with Crippen molar-refractivity contribution in [2.75, 3.05) is 18.4 Å². The van der Waals surface area contributed by atoms with Crippen LogP contribution in [0.4, 0.5) is 5.69 Å². The number of nitrogens with one attached hydrogen (secondary N) is 2. The first kappa shape index (κ1) is 15.5. The second kappa shape index (κ2) is 6.68. The third kappa shape index (κ3) is 4.02. The van der Waals surface area contributed by atoms with E-state index in [4.69, 9.17) is 0 Å². The Labute approximate surface area is 124 Å². The first-order chi connectivity index (χ1) is 10.0. The van der Waals surface area contributed by atoms with Crippen molar-refractivity contribution in [3.63, 3.8) is 0 Å². The van der Waals surface area contributed by atoms with Gasteiger partial charge < -0.3 is 5.32 Å². The summed E-state index contributed by atoms with van der Waals surface area (Å²) in [5, 5.41) is 7.07. The molecule has 2 rings (SSSR count). The molecule has 2 N–H and O–H groups in total. The molecule has 2 aromatic heterocycles. The topological polar surface area (TPSA) is 88.9 Å². The fraction of sp³-hybridized carbons (Fsp3) is 0.385. The van der Waals surface area contributed by atoms with Gasteiger partial charge in [0, 0.05) is 38.7 Å². The van der Waals surface area contributed by atoms with E-state index in [9.17, 15) is 8.42 Å². The van der Waals surface area contributed by atoms with Crippen LogP contribution in [0.25, 0.3) is 0 Å². The van der Waals surface area contributed by atoms with Crippen LogP contribution in [0.5, 0.6) is 0 Å². The highest BCUT2D eigenvalue weighted by molar-refractivity contribution is 7.89. The molecule has 0 atom stereocenters. The van der Waals surface area contributed by atoms with E-state index in [0.29, 0.717) is 25.2 Å². The summed E-state index contributed by atoms with van der Waals surface area (Å²) >= 11 is 0. The van der Waals surface area contributed by atoms with E-state index >= 15 is 0 Å². The molecule has 2 heterocycles. The molecule has 0 aliphatic heterocycles. The smallest absolute Gasteiger partial charge is 0.244 e. The molecule has 0 spiro atoms. The van der Waals surface area contributed by atoms with Gasteiger partial charge in [0.15, 0.2) is 0 Å². The molecule has 0 saturated carbocycles. The minimum atomic E-state index is -3.58. The molecule has 2 aromatic rings. The Hall–Kier alpha value is -1.93. The van der Waals surface area contributed by atoms with Crippen LogP contribution in [0, 0.1) is 0 Å². The van der Waals surface area contributed by atoms with Crippen molar-refractivity contribution in [1.29, 1.82) is 0 Å². The molecular weight excluding hydrogens is 290 g/mol. The molecule has 7 nitrogen and oxygen atoms in total. The maximum absolute atomic E-state index is 12.3. The van der Waals surface area contributed by atoms with Crippen LogP contribution in [0.1, 0.15) is 12.5 Å². The lowest BCUT2D eigenvalue weighted by molar-refractivity contribution is 0.581. The lowest BCUT2D eigenvalue weighted by Crippen LogP contribution is -2.27. The highest BCUT2D eigenvalue weighted by atomic mass is 32.2. The number of hydrogen-bond acceptors (Lipinski definition) is 5. The zero-order valence-electron chi connectivity index (χ0n) is 12.1. The maximum Gasteiger partial charge on any atom is 0.244 e. The molecule has 0 fully saturated rings. The van der Waals surface area contributed by atoms with Gasteiger partial charge >= 0.3 is 0 Å². The Bertz CT molecular complexity index is 696. The normalized spacial score (nSPS) is 11.5. The Kier molecular flexibility index (Phi) is 4.92. The monoisotopic (exact) mass is 309 g/mol. The van der Waals surface area contributed by atoms with E-state index in [0.717, 1.165) is 5.56 Å². The van der Waals surface area contributed by atoms with Crippen LogP contribution in [0.2, 0.25) is 0 Å². The molecule has 0 aliphatic rings. The molecule has 0 saturated heterocycles. The summed E-state index contributed by atoms with van der Waals surface area (Å²) in [5.41, 5.74) is 1.54. The van der Waals surface area contributed by atoms with Crippen molar-refractivity contribution in [2.45, 2.75) is 18.2 Å². The lowest BCUT2D eigenvalue weighted by Gasteiger charge is -2.11. The summed E-state index contributed by atoms with van der Waals surface area (Å²) in [6, 6.07) is 1.65. The van der Waals surface area contributed by atoms with Crippen LogP contribution in [-0.4, -0.2) is 36.3 Å². The van der Waals surface area contributed by atoms with Gasteiger partial charge in [-0.25, -0.2) is 13.1 Å². The molecule has 0 unspecified atom stereocenters. The zero-order valence-corrected chi connectivity index (χ0v) is 12.9. The fourth-order valence-electron chi connectivity index (χ4n) is 1.94. The maximum atomic E-state index is 12.3. The van der Waals surface area contributed by atoms with Crippen LogP contribution >= 0.6 is 0 Å². The predicted molar refractivity (Wildman–Crippen MR) is 80.5 cm³/mol. The molecule has 0 aromatic carbocycles. The molecule has 8 heteroatoms. The number of nitrogens with zero attached hydrogens (tertiary/aromatic N) is 3. The Morgan fingerprint density at radius 2 is 2.14 bits per heavy atom. The van der Waals surface area contributed by atoms with E-state index in [-0.39, 0.29) is 4.90 Å². The average molecular weight is 309 g/mol. The Morgan fingerprint density at radius 1 is 1.33 bits per heavy atom. The second-order valence-electron chi connectivity index (χ2n) is 4.57. The number of hydrogen-bond donors (Lipinski definition) is 2. The highest BCUT2D eigenvalue weighted by Gasteiger charge is 2.18. The van der Waals surface area contributed by atoms with Crippen molar-refractivity contribution in [3.05, 3.63) is 36.4 Å². The van der Waals surface area contributed by atoms with E-state index < -0.39 is 10.0 Å². The van der Waals surface area contributed by atoms with E-state index in [1.165, 1.54) is 6.20 Å². The molecule has 0 radical (unpaired) electrons. The van der Waals surface area contributed by atoms with Gasteiger partial charge in [-0.05, 0) is 25.0 Å². The van der Waals surface area contributed by atoms with Gasteiger partial charge in [0.25, 0.3) is 0 Å². The van der Waals surface area contributed by atoms with Gasteiger partial charge in [0.2, 0.25) is 10.0 Å². The highest BCUT2D eigenvalue weighted by Crippen LogP contribution is 2.18. The predicted octanol–water partition coefficient (Wildman–Crippen LogP) is 0.768. The van der Waals surface area contributed by atoms with Crippen LogP contribution in [-0.2, 0) is 23.5 Å². The van der Waals surface area contributed by atoms with Crippen LogP contribution in [0.3, 0.4) is 0 Å². The van der Waals surface area contributed by atoms with Crippen LogP contribution < -0.4 is 10.0 Å². The summed E-state index contributed by atoms with van der Waals surface area (Å²) in [4.78, 5) is 4.06. The second-order valence-corrected chi connectivity index (χ2v) is 6.31. The number of aryl methyl sites for hydroxylation is 1. The zero-order chi connectivity index (χ0) is 15.3. The molecule has 0 aliphatic carbocycles. The van der Waals surface area contributed by atoms with Gasteiger partial charge in [0.05, 0.1) is 11.9 Å². The van der Waals surface area contributed by atoms with Gasteiger partial charge in [-0.15, -0.1) is 0 Å². The molecule has 0 bridgehead atoms. The molecule has 114 valence electrons. The number of pyridine rings is 1. The van der Waals surface area contributed by atoms with Gasteiger partial charge in [-0.1, -0.05) is 0 Å².